The van der Waals surface area contributed by atoms with Crippen LogP contribution in [-0.2, 0) is 68.5 Å². The fourth-order valence-electron chi connectivity index (χ4n) is 8.17. The summed E-state index contributed by atoms with van der Waals surface area (Å²) in [6.07, 6.45) is 12.0. The molecule has 3 aliphatic rings. The fraction of sp³-hybridized carbons (Fsp3) is 0.356. The maximum atomic E-state index is 12.9. The molecule has 3 aliphatic heterocycles. The molecule has 66 heavy (non-hydrogen) atoms. The van der Waals surface area contributed by atoms with Crippen LogP contribution in [0, 0.1) is 0 Å². The van der Waals surface area contributed by atoms with Crippen LogP contribution < -0.4 is 14.8 Å². The van der Waals surface area contributed by atoms with E-state index in [9.17, 15) is 53.3 Å². The van der Waals surface area contributed by atoms with Crippen LogP contribution in [0.15, 0.2) is 107 Å². The number of hydrogen-bond donors (Lipinski definition) is 4. The molecule has 4 N–H and O–H groups in total. The largest absolute Gasteiger partial charge is 0.354 e. The highest BCUT2D eigenvalue weighted by Crippen LogP contribution is 2.49. The van der Waals surface area contributed by atoms with Crippen LogP contribution in [0.5, 0.6) is 0 Å². The van der Waals surface area contributed by atoms with Crippen LogP contribution in [0.25, 0.3) is 5.57 Å². The topological polar surface area (TPSA) is 249 Å². The Morgan fingerprint density at radius 2 is 1.53 bits per heavy atom. The van der Waals surface area contributed by atoms with Gasteiger partial charge in [-0.25, -0.2) is 4.57 Å². The molecule has 0 radical (unpaired) electrons. The maximum absolute atomic E-state index is 12.9. The molecule has 4 heterocycles. The molecule has 0 spiro atoms. The number of benzene rings is 2. The number of nitrogens with one attached hydrogen (secondary N) is 1. The van der Waals surface area contributed by atoms with Crippen molar-refractivity contribution in [3.63, 3.8) is 0 Å². The van der Waals surface area contributed by atoms with Gasteiger partial charge in [-0.1, -0.05) is 61.9 Å². The smallest absolute Gasteiger partial charge is 0.327 e. The average Bonchev–Trinajstić information content (AvgIpc) is 3.75. The number of hydrogen-bond acceptors (Lipinski definition) is 11. The number of fused-ring (bicyclic) bond motifs is 2. The molecule has 2 aromatic carbocycles. The number of anilines is 1. The monoisotopic (exact) mass is 984 g/mol. The number of aryl methyl sites for hydroxylation is 2. The highest BCUT2D eigenvalue weighted by molar-refractivity contribution is 7.86. The molecule has 0 saturated heterocycles. The van der Waals surface area contributed by atoms with Gasteiger partial charge in [-0.3, -0.25) is 32.9 Å². The molecule has 352 valence electrons. The lowest BCUT2D eigenvalue weighted by molar-refractivity contribution is -0.684. The molecule has 0 bridgehead atoms. The zero-order chi connectivity index (χ0) is 48.4. The van der Waals surface area contributed by atoms with Crippen LogP contribution in [0.4, 0.5) is 11.5 Å². The van der Waals surface area contributed by atoms with Crippen molar-refractivity contribution in [2.75, 3.05) is 36.0 Å². The number of allylic oxidation sites excluding steroid dienone is 6. The van der Waals surface area contributed by atoms with Gasteiger partial charge in [0.1, 0.15) is 6.20 Å². The van der Waals surface area contributed by atoms with Crippen LogP contribution in [0.1, 0.15) is 69.2 Å². The molecule has 0 aliphatic carbocycles. The molecule has 0 fully saturated rings. The number of imide groups is 1. The summed E-state index contributed by atoms with van der Waals surface area (Å²) >= 11 is 6.54. The van der Waals surface area contributed by atoms with Gasteiger partial charge in [0, 0.05) is 61.4 Å². The number of rotatable bonds is 19. The van der Waals surface area contributed by atoms with E-state index in [-0.39, 0.29) is 56.2 Å². The highest BCUT2D eigenvalue weighted by atomic mass is 35.5. The lowest BCUT2D eigenvalue weighted by atomic mass is 9.81. The van der Waals surface area contributed by atoms with Crippen molar-refractivity contribution in [3.05, 3.63) is 124 Å². The third-order valence-corrected chi connectivity index (χ3v) is 14.3. The zero-order valence-corrected chi connectivity index (χ0v) is 39.8. The van der Waals surface area contributed by atoms with Gasteiger partial charge in [0.2, 0.25) is 5.91 Å². The van der Waals surface area contributed by atoms with E-state index in [1.165, 1.54) is 24.3 Å². The zero-order valence-electron chi connectivity index (χ0n) is 36.6. The number of halogens is 1. The number of aromatic nitrogens is 1. The standard InChI is InChI=1S/C45H50ClN5O12S3/c1-44(2)36-27-33(46)29-49(21-6-24-64(55,56)57)43(36)48-38(44)15-11-31(32-9-5-8-30(26-32)10-17-40(52)47-20-23-51-41(53)18-19-42(51)54)12-16-39-45(3,4)35-28-34(66(61,62)63)13-14-37(35)50(39)22-7-25-65(58,59)60/h5,8-9,11-16,18-19,26-29H,6-7,10,17,20-25H2,1-4H3,(H3-,47,52,55,56,57,58,59,60,61,62,63)/p+1. The lowest BCUT2D eigenvalue weighted by Crippen LogP contribution is -2.38. The van der Waals surface area contributed by atoms with Crippen molar-refractivity contribution in [2.24, 2.45) is 4.99 Å². The SMILES string of the molecule is CC1(C)C(/C=C/C(=C/C=C2\N(CCCS(=O)(=O)O)c3ccc(S(=O)(=O)O)cc3C2(C)C)c2cccc(CCC(=O)NCCN3C(=O)C=CC3=O)c2)=Nc2c1cc(Cl)c[n+]2CCCS(=O)(=O)O. The Kier molecular flexibility index (Phi) is 14.8. The summed E-state index contributed by atoms with van der Waals surface area (Å²) in [6, 6.07) is 13.5. The van der Waals surface area contributed by atoms with Gasteiger partial charge in [0.05, 0.1) is 38.9 Å². The Hall–Kier alpha value is -5.35. The van der Waals surface area contributed by atoms with Crippen molar-refractivity contribution in [2.45, 2.75) is 75.6 Å². The average molecular weight is 986 g/mol. The van der Waals surface area contributed by atoms with Gasteiger partial charge in [-0.2, -0.15) is 25.3 Å². The number of nitrogens with zero attached hydrogens (tertiary/aromatic N) is 4. The van der Waals surface area contributed by atoms with Gasteiger partial charge >= 0.3 is 5.82 Å². The van der Waals surface area contributed by atoms with Crippen molar-refractivity contribution in [1.29, 1.82) is 0 Å². The number of carbonyl (C=O) groups is 3. The van der Waals surface area contributed by atoms with E-state index in [2.05, 4.69) is 5.32 Å². The molecule has 1 aromatic heterocycles. The van der Waals surface area contributed by atoms with Crippen molar-refractivity contribution < 1.29 is 57.9 Å². The minimum Gasteiger partial charge on any atom is -0.354 e. The fourth-order valence-corrected chi connectivity index (χ4v) is 9.89. The number of aliphatic imine (C=N–C) groups is 1. The quantitative estimate of drug-likeness (QED) is 0.0530. The number of amides is 3. The third kappa shape index (κ3) is 12.0. The van der Waals surface area contributed by atoms with Gasteiger partial charge in [0.15, 0.2) is 5.71 Å². The number of pyridine rings is 1. The van der Waals surface area contributed by atoms with Crippen molar-refractivity contribution in [1.82, 2.24) is 10.2 Å². The predicted molar refractivity (Wildman–Crippen MR) is 249 cm³/mol. The molecule has 6 rings (SSSR count). The van der Waals surface area contributed by atoms with Crippen LogP contribution in [0.3, 0.4) is 0 Å². The Balaban J connectivity index is 1.37. The third-order valence-electron chi connectivity index (χ3n) is 11.7. The summed E-state index contributed by atoms with van der Waals surface area (Å²) in [5.41, 5.74) is 3.86. The van der Waals surface area contributed by atoms with Gasteiger partial charge in [0.25, 0.3) is 42.2 Å². The Bertz CT molecular complexity index is 2960. The predicted octanol–water partition coefficient (Wildman–Crippen LogP) is 5.09. The molecule has 21 heteroatoms. The molecule has 3 aromatic rings. The molecule has 0 saturated carbocycles. The van der Waals surface area contributed by atoms with Crippen LogP contribution in [0.2, 0.25) is 5.02 Å². The molecular formula is C45H51ClN5O12S3+. The number of carbonyl (C=O) groups excluding carboxylic acids is 3. The van der Waals surface area contributed by atoms with E-state index >= 15 is 0 Å². The summed E-state index contributed by atoms with van der Waals surface area (Å²) in [7, 11) is -13.1. The van der Waals surface area contributed by atoms with Gasteiger partial charge in [-0.15, -0.1) is 0 Å². The van der Waals surface area contributed by atoms with Gasteiger partial charge < -0.3 is 10.2 Å². The first kappa shape index (κ1) is 50.1. The van der Waals surface area contributed by atoms with Gasteiger partial charge in [-0.05, 0) is 90.4 Å². The Morgan fingerprint density at radius 3 is 2.20 bits per heavy atom. The van der Waals surface area contributed by atoms with E-state index < -0.39 is 64.5 Å². The van der Waals surface area contributed by atoms with Crippen molar-refractivity contribution >= 4 is 82.5 Å². The maximum Gasteiger partial charge on any atom is 0.327 e. The van der Waals surface area contributed by atoms with E-state index in [4.69, 9.17) is 16.6 Å². The molecular weight excluding hydrogens is 934 g/mol. The first-order chi connectivity index (χ1) is 30.7. The molecule has 0 unspecified atom stereocenters. The second kappa shape index (κ2) is 19.5. The highest BCUT2D eigenvalue weighted by Gasteiger charge is 2.43. The molecule has 3 amide bonds. The second-order valence-corrected chi connectivity index (χ2v) is 22.1. The summed E-state index contributed by atoms with van der Waals surface area (Å²) in [4.78, 5) is 44.2. The summed E-state index contributed by atoms with van der Waals surface area (Å²) in [5.74, 6) is -1.56. The van der Waals surface area contributed by atoms with E-state index in [1.807, 2.05) is 81.2 Å². The molecule has 17 nitrogen and oxygen atoms in total. The first-order valence-corrected chi connectivity index (χ1v) is 25.9. The second-order valence-electron chi connectivity index (χ2n) is 17.1. The van der Waals surface area contributed by atoms with E-state index in [0.717, 1.165) is 21.6 Å². The molecule has 0 atom stereocenters. The van der Waals surface area contributed by atoms with E-state index in [0.29, 0.717) is 45.5 Å². The lowest BCUT2D eigenvalue weighted by Gasteiger charge is -2.27. The first-order valence-electron chi connectivity index (χ1n) is 20.9. The minimum atomic E-state index is -4.57. The normalized spacial score (nSPS) is 17.5. The Labute approximate surface area is 389 Å². The van der Waals surface area contributed by atoms with Crippen molar-refractivity contribution in [3.8, 4) is 0 Å². The van der Waals surface area contributed by atoms with Crippen LogP contribution >= 0.6 is 11.6 Å². The minimum absolute atomic E-state index is 0.0266. The summed E-state index contributed by atoms with van der Waals surface area (Å²) < 4.78 is 101. The van der Waals surface area contributed by atoms with Crippen LogP contribution in [-0.4, -0.2) is 98.4 Å². The Morgan fingerprint density at radius 1 is 0.848 bits per heavy atom. The van der Waals surface area contributed by atoms with E-state index in [1.54, 1.807) is 22.9 Å². The summed E-state index contributed by atoms with van der Waals surface area (Å²) in [5, 5.41) is 3.16. The summed E-state index contributed by atoms with van der Waals surface area (Å²) in [6.45, 7) is 8.14.